The van der Waals surface area contributed by atoms with Gasteiger partial charge in [0, 0.05) is 16.4 Å². The molecule has 0 aliphatic heterocycles. The molecule has 0 bridgehead atoms. The van der Waals surface area contributed by atoms with E-state index in [1.54, 1.807) is 16.5 Å². The standard InChI is InChI=1S/C16H14BrN3O2/c1-9-7-11(17)8-20-14(10(2)18-15(9)20)16(22)19-12-3-5-13(21)6-4-12/h3-8,21H,1-2H3,(H,19,22). The number of benzene rings is 1. The highest BCUT2D eigenvalue weighted by atomic mass is 79.9. The van der Waals surface area contributed by atoms with Gasteiger partial charge < -0.3 is 10.4 Å². The Hall–Kier alpha value is -2.34. The van der Waals surface area contributed by atoms with Gasteiger partial charge in [0.2, 0.25) is 0 Å². The lowest BCUT2D eigenvalue weighted by Crippen LogP contribution is -2.15. The van der Waals surface area contributed by atoms with Crippen LogP contribution in [0.3, 0.4) is 0 Å². The number of rotatable bonds is 2. The zero-order valence-electron chi connectivity index (χ0n) is 12.1. The van der Waals surface area contributed by atoms with E-state index < -0.39 is 0 Å². The number of hydrogen-bond donors (Lipinski definition) is 2. The van der Waals surface area contributed by atoms with Crippen molar-refractivity contribution in [3.05, 3.63) is 58.0 Å². The summed E-state index contributed by atoms with van der Waals surface area (Å²) >= 11 is 3.44. The molecule has 6 heteroatoms. The van der Waals surface area contributed by atoms with Gasteiger partial charge in [0.25, 0.3) is 5.91 Å². The predicted molar refractivity (Wildman–Crippen MR) is 88.4 cm³/mol. The Morgan fingerprint density at radius 2 is 1.95 bits per heavy atom. The quantitative estimate of drug-likeness (QED) is 0.686. The summed E-state index contributed by atoms with van der Waals surface area (Å²) < 4.78 is 2.67. The summed E-state index contributed by atoms with van der Waals surface area (Å²) in [5.41, 5.74) is 3.52. The van der Waals surface area contributed by atoms with Gasteiger partial charge in [0.1, 0.15) is 17.1 Å². The number of aromatic hydroxyl groups is 1. The first-order valence-corrected chi connectivity index (χ1v) is 7.50. The minimum absolute atomic E-state index is 0.156. The molecule has 2 N–H and O–H groups in total. The van der Waals surface area contributed by atoms with Gasteiger partial charge in [-0.1, -0.05) is 0 Å². The van der Waals surface area contributed by atoms with Crippen LogP contribution < -0.4 is 5.32 Å². The second-order valence-corrected chi connectivity index (χ2v) is 6.00. The number of imidazole rings is 1. The van der Waals surface area contributed by atoms with Crippen molar-refractivity contribution < 1.29 is 9.90 Å². The van der Waals surface area contributed by atoms with E-state index in [2.05, 4.69) is 26.2 Å². The van der Waals surface area contributed by atoms with Gasteiger partial charge >= 0.3 is 0 Å². The van der Waals surface area contributed by atoms with E-state index >= 15 is 0 Å². The van der Waals surface area contributed by atoms with Crippen LogP contribution in [0.1, 0.15) is 21.7 Å². The van der Waals surface area contributed by atoms with Crippen LogP contribution in [-0.2, 0) is 0 Å². The number of phenolic OH excluding ortho intramolecular Hbond substituents is 1. The molecule has 2 heterocycles. The normalized spacial score (nSPS) is 10.9. The SMILES string of the molecule is Cc1nc2c(C)cc(Br)cn2c1C(=O)Nc1ccc(O)cc1. The van der Waals surface area contributed by atoms with Crippen LogP contribution >= 0.6 is 15.9 Å². The summed E-state index contributed by atoms with van der Waals surface area (Å²) in [4.78, 5) is 17.0. The number of nitrogens with one attached hydrogen (secondary N) is 1. The number of carbonyl (C=O) groups is 1. The Morgan fingerprint density at radius 3 is 2.64 bits per heavy atom. The summed E-state index contributed by atoms with van der Waals surface area (Å²) in [5, 5.41) is 12.1. The molecule has 5 nitrogen and oxygen atoms in total. The highest BCUT2D eigenvalue weighted by Gasteiger charge is 2.18. The molecular formula is C16H14BrN3O2. The highest BCUT2D eigenvalue weighted by Crippen LogP contribution is 2.22. The topological polar surface area (TPSA) is 66.6 Å². The monoisotopic (exact) mass is 359 g/mol. The van der Waals surface area contributed by atoms with Crippen LogP contribution in [0, 0.1) is 13.8 Å². The van der Waals surface area contributed by atoms with Crippen molar-refractivity contribution in [3.63, 3.8) is 0 Å². The van der Waals surface area contributed by atoms with Crippen molar-refractivity contribution in [1.82, 2.24) is 9.38 Å². The highest BCUT2D eigenvalue weighted by molar-refractivity contribution is 9.10. The third-order valence-corrected chi connectivity index (χ3v) is 3.82. The van der Waals surface area contributed by atoms with Crippen LogP contribution in [-0.4, -0.2) is 20.4 Å². The summed E-state index contributed by atoms with van der Waals surface area (Å²) in [6, 6.07) is 8.30. The van der Waals surface area contributed by atoms with Crippen molar-refractivity contribution >= 4 is 33.2 Å². The average Bonchev–Trinajstić information content (AvgIpc) is 2.78. The Kier molecular flexibility index (Phi) is 3.62. The van der Waals surface area contributed by atoms with Crippen molar-refractivity contribution in [2.75, 3.05) is 5.32 Å². The van der Waals surface area contributed by atoms with Crippen LogP contribution in [0.2, 0.25) is 0 Å². The summed E-state index contributed by atoms with van der Waals surface area (Å²) in [7, 11) is 0. The van der Waals surface area contributed by atoms with E-state index in [-0.39, 0.29) is 11.7 Å². The number of carbonyl (C=O) groups excluding carboxylic acids is 1. The van der Waals surface area contributed by atoms with E-state index in [4.69, 9.17) is 0 Å². The molecule has 2 aromatic heterocycles. The number of fused-ring (bicyclic) bond motifs is 1. The molecule has 0 saturated heterocycles. The van der Waals surface area contributed by atoms with Gasteiger partial charge in [-0.2, -0.15) is 0 Å². The Bertz CT molecular complexity index is 869. The number of phenols is 1. The molecule has 22 heavy (non-hydrogen) atoms. The molecule has 0 radical (unpaired) electrons. The van der Waals surface area contributed by atoms with Crippen molar-refractivity contribution in [1.29, 1.82) is 0 Å². The first kappa shape index (κ1) is 14.6. The van der Waals surface area contributed by atoms with E-state index in [0.717, 1.165) is 15.7 Å². The van der Waals surface area contributed by atoms with E-state index in [9.17, 15) is 9.90 Å². The second kappa shape index (κ2) is 5.46. The molecule has 0 atom stereocenters. The largest absolute Gasteiger partial charge is 0.508 e. The number of aromatic nitrogens is 2. The third kappa shape index (κ3) is 2.57. The van der Waals surface area contributed by atoms with E-state index in [0.29, 0.717) is 17.1 Å². The Labute approximate surface area is 135 Å². The van der Waals surface area contributed by atoms with Gasteiger partial charge in [0.05, 0.1) is 5.69 Å². The van der Waals surface area contributed by atoms with Gasteiger partial charge in [-0.15, -0.1) is 0 Å². The maximum Gasteiger partial charge on any atom is 0.274 e. The van der Waals surface area contributed by atoms with Crippen molar-refractivity contribution in [3.8, 4) is 5.75 Å². The molecule has 1 amide bonds. The lowest BCUT2D eigenvalue weighted by atomic mass is 10.2. The molecule has 112 valence electrons. The summed E-state index contributed by atoms with van der Waals surface area (Å²) in [5.74, 6) is -0.0864. The molecule has 0 spiro atoms. The maximum absolute atomic E-state index is 12.6. The first-order valence-electron chi connectivity index (χ1n) is 6.71. The minimum atomic E-state index is -0.242. The molecular weight excluding hydrogens is 346 g/mol. The molecule has 0 aliphatic carbocycles. The lowest BCUT2D eigenvalue weighted by molar-refractivity contribution is 0.102. The van der Waals surface area contributed by atoms with Crippen LogP contribution in [0.15, 0.2) is 41.0 Å². The van der Waals surface area contributed by atoms with E-state index in [1.807, 2.05) is 26.1 Å². The molecule has 3 rings (SSSR count). The smallest absolute Gasteiger partial charge is 0.274 e. The van der Waals surface area contributed by atoms with Gasteiger partial charge in [-0.3, -0.25) is 9.20 Å². The number of nitrogens with zero attached hydrogens (tertiary/aromatic N) is 2. The predicted octanol–water partition coefficient (Wildman–Crippen LogP) is 3.67. The number of amides is 1. The van der Waals surface area contributed by atoms with E-state index in [1.165, 1.54) is 12.1 Å². The lowest BCUT2D eigenvalue weighted by Gasteiger charge is -2.07. The summed E-state index contributed by atoms with van der Waals surface area (Å²) in [6.45, 7) is 3.76. The van der Waals surface area contributed by atoms with Crippen LogP contribution in [0.5, 0.6) is 5.75 Å². The zero-order valence-corrected chi connectivity index (χ0v) is 13.7. The van der Waals surface area contributed by atoms with Gasteiger partial charge in [-0.05, 0) is 65.7 Å². The number of aryl methyl sites for hydroxylation is 2. The molecule has 3 aromatic rings. The minimum Gasteiger partial charge on any atom is -0.508 e. The number of anilines is 1. The van der Waals surface area contributed by atoms with Crippen LogP contribution in [0.4, 0.5) is 5.69 Å². The van der Waals surface area contributed by atoms with Crippen molar-refractivity contribution in [2.24, 2.45) is 0 Å². The fraction of sp³-hybridized carbons (Fsp3) is 0.125. The maximum atomic E-state index is 12.6. The number of halogens is 1. The Balaban J connectivity index is 2.03. The molecule has 0 unspecified atom stereocenters. The average molecular weight is 360 g/mol. The second-order valence-electron chi connectivity index (χ2n) is 5.08. The fourth-order valence-corrected chi connectivity index (χ4v) is 2.94. The Morgan fingerprint density at radius 1 is 1.27 bits per heavy atom. The number of hydrogen-bond acceptors (Lipinski definition) is 3. The van der Waals surface area contributed by atoms with Crippen molar-refractivity contribution in [2.45, 2.75) is 13.8 Å². The molecule has 0 saturated carbocycles. The van der Waals surface area contributed by atoms with Gasteiger partial charge in [-0.25, -0.2) is 4.98 Å². The third-order valence-electron chi connectivity index (χ3n) is 3.39. The van der Waals surface area contributed by atoms with Gasteiger partial charge in [0.15, 0.2) is 0 Å². The summed E-state index contributed by atoms with van der Waals surface area (Å²) in [6.07, 6.45) is 1.83. The first-order chi connectivity index (χ1) is 10.5. The zero-order chi connectivity index (χ0) is 15.9. The fourth-order valence-electron chi connectivity index (χ4n) is 2.39. The van der Waals surface area contributed by atoms with Crippen LogP contribution in [0.25, 0.3) is 5.65 Å². The molecule has 0 fully saturated rings. The number of pyridine rings is 1. The molecule has 0 aliphatic rings. The molecule has 1 aromatic carbocycles.